The van der Waals surface area contributed by atoms with E-state index in [2.05, 4.69) is 10.3 Å². The monoisotopic (exact) mass is 442 g/mol. The van der Waals surface area contributed by atoms with Crippen LogP contribution in [0.3, 0.4) is 0 Å². The minimum absolute atomic E-state index is 0.0198. The number of nitrogens with one attached hydrogen (secondary N) is 1. The molecule has 1 N–H and O–H groups in total. The van der Waals surface area contributed by atoms with E-state index in [1.165, 1.54) is 16.3 Å². The van der Waals surface area contributed by atoms with Gasteiger partial charge in [0.2, 0.25) is 15.9 Å². The molecule has 1 saturated heterocycles. The molecule has 2 aliphatic rings. The van der Waals surface area contributed by atoms with Crippen molar-refractivity contribution in [3.05, 3.63) is 59.4 Å². The van der Waals surface area contributed by atoms with Crippen LogP contribution in [-0.2, 0) is 27.7 Å². The number of aromatic nitrogens is 1. The number of hydrogen-bond acceptors (Lipinski definition) is 5. The van der Waals surface area contributed by atoms with Crippen LogP contribution in [0.1, 0.15) is 42.6 Å². The van der Waals surface area contributed by atoms with E-state index in [0.29, 0.717) is 31.1 Å². The van der Waals surface area contributed by atoms with Crippen molar-refractivity contribution in [2.75, 3.05) is 32.7 Å². The highest BCUT2D eigenvalue weighted by atomic mass is 32.2. The second-order valence-corrected chi connectivity index (χ2v) is 10.2. The maximum Gasteiger partial charge on any atom is 0.243 e. The van der Waals surface area contributed by atoms with Crippen molar-refractivity contribution in [2.24, 2.45) is 0 Å². The minimum Gasteiger partial charge on any atom is -0.339 e. The SMILES string of the molecule is CC(NCC(=O)N1CCN(S(=O)(=O)c2ccc3c(c2)CCCC3)CC1)c1ccccn1. The van der Waals surface area contributed by atoms with E-state index >= 15 is 0 Å². The van der Waals surface area contributed by atoms with E-state index < -0.39 is 10.0 Å². The first-order valence-electron chi connectivity index (χ1n) is 11.0. The van der Waals surface area contributed by atoms with Crippen molar-refractivity contribution in [2.45, 2.75) is 43.5 Å². The highest BCUT2D eigenvalue weighted by molar-refractivity contribution is 7.89. The fourth-order valence-corrected chi connectivity index (χ4v) is 5.76. The molecule has 1 amide bonds. The van der Waals surface area contributed by atoms with Crippen LogP contribution in [0.2, 0.25) is 0 Å². The largest absolute Gasteiger partial charge is 0.339 e. The van der Waals surface area contributed by atoms with Crippen molar-refractivity contribution >= 4 is 15.9 Å². The zero-order valence-electron chi connectivity index (χ0n) is 18.0. The Morgan fingerprint density at radius 1 is 1.06 bits per heavy atom. The van der Waals surface area contributed by atoms with Crippen molar-refractivity contribution in [1.29, 1.82) is 0 Å². The number of benzene rings is 1. The second-order valence-electron chi connectivity index (χ2n) is 8.28. The molecule has 31 heavy (non-hydrogen) atoms. The topological polar surface area (TPSA) is 82.6 Å². The predicted molar refractivity (Wildman–Crippen MR) is 119 cm³/mol. The third kappa shape index (κ3) is 4.97. The molecular weight excluding hydrogens is 412 g/mol. The molecule has 0 bridgehead atoms. The van der Waals surface area contributed by atoms with Crippen LogP contribution >= 0.6 is 0 Å². The summed E-state index contributed by atoms with van der Waals surface area (Å²) in [4.78, 5) is 19.0. The molecule has 0 spiro atoms. The Bertz CT molecular complexity index is 1020. The Morgan fingerprint density at radius 3 is 2.52 bits per heavy atom. The molecule has 1 aliphatic heterocycles. The number of carbonyl (C=O) groups excluding carboxylic acids is 1. The van der Waals surface area contributed by atoms with Gasteiger partial charge in [0.25, 0.3) is 0 Å². The number of nitrogens with zero attached hydrogens (tertiary/aromatic N) is 3. The number of sulfonamides is 1. The van der Waals surface area contributed by atoms with Gasteiger partial charge in [-0.3, -0.25) is 9.78 Å². The van der Waals surface area contributed by atoms with Crippen molar-refractivity contribution in [3.8, 4) is 0 Å². The molecule has 0 saturated carbocycles. The lowest BCUT2D eigenvalue weighted by Crippen LogP contribution is -2.52. The van der Waals surface area contributed by atoms with Gasteiger partial charge in [-0.15, -0.1) is 0 Å². The van der Waals surface area contributed by atoms with Crippen LogP contribution in [-0.4, -0.2) is 61.2 Å². The Balaban J connectivity index is 1.32. The molecule has 1 aromatic carbocycles. The normalized spacial score (nSPS) is 18.4. The zero-order chi connectivity index (χ0) is 21.8. The smallest absolute Gasteiger partial charge is 0.243 e. The summed E-state index contributed by atoms with van der Waals surface area (Å²) in [5.41, 5.74) is 3.32. The summed E-state index contributed by atoms with van der Waals surface area (Å²) in [5, 5.41) is 3.21. The van der Waals surface area contributed by atoms with E-state index in [1.807, 2.05) is 37.3 Å². The molecule has 4 rings (SSSR count). The van der Waals surface area contributed by atoms with Crippen molar-refractivity contribution < 1.29 is 13.2 Å². The average molecular weight is 443 g/mol. The molecule has 2 heterocycles. The summed E-state index contributed by atoms with van der Waals surface area (Å²) < 4.78 is 27.8. The average Bonchev–Trinajstić information content (AvgIpc) is 2.82. The maximum atomic E-state index is 13.1. The number of pyridine rings is 1. The Hall–Kier alpha value is -2.29. The van der Waals surface area contributed by atoms with Gasteiger partial charge in [0, 0.05) is 38.4 Å². The number of hydrogen-bond donors (Lipinski definition) is 1. The fourth-order valence-electron chi connectivity index (χ4n) is 4.29. The van der Waals surface area contributed by atoms with Crippen LogP contribution in [0.25, 0.3) is 0 Å². The van der Waals surface area contributed by atoms with Gasteiger partial charge in [-0.1, -0.05) is 12.1 Å². The van der Waals surface area contributed by atoms with E-state index in [9.17, 15) is 13.2 Å². The van der Waals surface area contributed by atoms with Crippen LogP contribution in [0.15, 0.2) is 47.5 Å². The second kappa shape index (κ2) is 9.46. The van der Waals surface area contributed by atoms with Gasteiger partial charge in [0.05, 0.1) is 17.1 Å². The van der Waals surface area contributed by atoms with Crippen LogP contribution in [0.4, 0.5) is 0 Å². The molecule has 2 aromatic rings. The molecule has 8 heteroatoms. The summed E-state index contributed by atoms with van der Waals surface area (Å²) in [6.45, 7) is 3.63. The molecular formula is C23H30N4O3S. The Morgan fingerprint density at radius 2 is 1.81 bits per heavy atom. The number of rotatable bonds is 6. The highest BCUT2D eigenvalue weighted by Gasteiger charge is 2.30. The van der Waals surface area contributed by atoms with Gasteiger partial charge in [0.1, 0.15) is 0 Å². The van der Waals surface area contributed by atoms with Crippen LogP contribution < -0.4 is 5.32 Å². The van der Waals surface area contributed by atoms with Crippen molar-refractivity contribution in [3.63, 3.8) is 0 Å². The number of carbonyl (C=O) groups is 1. The lowest BCUT2D eigenvalue weighted by molar-refractivity contribution is -0.131. The van der Waals surface area contributed by atoms with Gasteiger partial charge < -0.3 is 10.2 Å². The van der Waals surface area contributed by atoms with Gasteiger partial charge in [0.15, 0.2) is 0 Å². The molecule has 1 aliphatic carbocycles. The summed E-state index contributed by atoms with van der Waals surface area (Å²) in [7, 11) is -3.53. The standard InChI is InChI=1S/C23H30N4O3S/c1-18(22-8-4-5-11-24-22)25-17-23(28)26-12-14-27(15-13-26)31(29,30)21-10-9-19-6-2-3-7-20(19)16-21/h4-5,8-11,16,18,25H,2-3,6-7,12-15,17H2,1H3. The van der Waals surface area contributed by atoms with Crippen molar-refractivity contribution in [1.82, 2.24) is 19.5 Å². The van der Waals surface area contributed by atoms with Gasteiger partial charge >= 0.3 is 0 Å². The molecule has 0 radical (unpaired) electrons. The van der Waals surface area contributed by atoms with Crippen LogP contribution in [0.5, 0.6) is 0 Å². The minimum atomic E-state index is -3.53. The summed E-state index contributed by atoms with van der Waals surface area (Å²) >= 11 is 0. The first-order chi connectivity index (χ1) is 14.9. The van der Waals surface area contributed by atoms with Gasteiger partial charge in [-0.2, -0.15) is 4.31 Å². The van der Waals surface area contributed by atoms with Gasteiger partial charge in [-0.25, -0.2) is 8.42 Å². The quantitative estimate of drug-likeness (QED) is 0.741. The predicted octanol–water partition coefficient (Wildman–Crippen LogP) is 2.14. The Labute approximate surface area is 184 Å². The number of fused-ring (bicyclic) bond motifs is 1. The zero-order valence-corrected chi connectivity index (χ0v) is 18.8. The highest BCUT2D eigenvalue weighted by Crippen LogP contribution is 2.26. The van der Waals surface area contributed by atoms with Crippen LogP contribution in [0, 0.1) is 0 Å². The number of aryl methyl sites for hydroxylation is 2. The summed E-state index contributed by atoms with van der Waals surface area (Å²) in [6.07, 6.45) is 6.00. The van der Waals surface area contributed by atoms with E-state index in [4.69, 9.17) is 0 Å². The van der Waals surface area contributed by atoms with E-state index in [1.54, 1.807) is 17.2 Å². The number of amides is 1. The Kier molecular flexibility index (Phi) is 6.69. The molecule has 1 aromatic heterocycles. The first-order valence-corrected chi connectivity index (χ1v) is 12.4. The molecule has 1 atom stereocenters. The summed E-state index contributed by atoms with van der Waals surface area (Å²) in [6, 6.07) is 11.2. The van der Waals surface area contributed by atoms with Gasteiger partial charge in [-0.05, 0) is 68.0 Å². The first kappa shape index (κ1) is 21.9. The molecule has 7 nitrogen and oxygen atoms in total. The summed E-state index contributed by atoms with van der Waals surface area (Å²) in [5.74, 6) is -0.0198. The van der Waals surface area contributed by atoms with E-state index in [-0.39, 0.29) is 18.5 Å². The third-order valence-corrected chi connectivity index (χ3v) is 8.13. The number of piperazine rings is 1. The molecule has 166 valence electrons. The molecule has 1 fully saturated rings. The van der Waals surface area contributed by atoms with E-state index in [0.717, 1.165) is 30.5 Å². The lowest BCUT2D eigenvalue weighted by atomic mass is 9.92. The molecule has 1 unspecified atom stereocenters. The maximum absolute atomic E-state index is 13.1. The lowest BCUT2D eigenvalue weighted by Gasteiger charge is -2.34. The fraction of sp³-hybridized carbons (Fsp3) is 0.478. The third-order valence-electron chi connectivity index (χ3n) is 6.24.